The topological polar surface area (TPSA) is 84.0 Å². The Kier molecular flexibility index (Phi) is 10.4. The summed E-state index contributed by atoms with van der Waals surface area (Å²) < 4.78 is 23.2. The second-order valence-electron chi connectivity index (χ2n) is 8.00. The lowest BCUT2D eigenvalue weighted by atomic mass is 10.2. The fourth-order valence-electron chi connectivity index (χ4n) is 3.14. The third kappa shape index (κ3) is 8.11. The SMILES string of the molecule is C=NC(CNc1ccc(P(C)(C)=O)cc1OC)NCC(Nc1ccc(Cl)cc1OC)[C@H](C)Cl. The normalized spacial score (nSPS) is 14.2. The van der Waals surface area contributed by atoms with Gasteiger partial charge in [-0.2, -0.15) is 0 Å². The molecule has 10 heteroatoms. The first-order valence-corrected chi connectivity index (χ1v) is 13.9. The standard InChI is InChI=1S/C23H33Cl2N4O3P/c1-15(24)20(29-19-9-7-16(25)11-21(19)31-3)13-28-23(26-2)14-27-18-10-8-17(33(5,6)30)12-22(18)32-4/h7-12,15,20,23,27-29H,2,13-14H2,1,3-6H3/t15-,20?,23?/m0/s1. The maximum absolute atomic E-state index is 12.4. The van der Waals surface area contributed by atoms with Crippen LogP contribution in [0.4, 0.5) is 11.4 Å². The van der Waals surface area contributed by atoms with E-state index in [0.717, 1.165) is 16.7 Å². The molecule has 33 heavy (non-hydrogen) atoms. The third-order valence-corrected chi connectivity index (χ3v) is 7.21. The molecule has 182 valence electrons. The van der Waals surface area contributed by atoms with E-state index >= 15 is 0 Å². The van der Waals surface area contributed by atoms with Crippen molar-refractivity contribution in [2.75, 3.05) is 51.3 Å². The zero-order valence-electron chi connectivity index (χ0n) is 19.7. The molecule has 0 aliphatic carbocycles. The van der Waals surface area contributed by atoms with Crippen molar-refractivity contribution in [2.45, 2.75) is 24.5 Å². The van der Waals surface area contributed by atoms with E-state index in [1.807, 2.05) is 31.2 Å². The molecule has 2 aromatic carbocycles. The van der Waals surface area contributed by atoms with Gasteiger partial charge in [0, 0.05) is 22.9 Å². The van der Waals surface area contributed by atoms with E-state index in [2.05, 4.69) is 27.7 Å². The lowest BCUT2D eigenvalue weighted by Gasteiger charge is -2.26. The number of nitrogens with one attached hydrogen (secondary N) is 3. The van der Waals surface area contributed by atoms with Gasteiger partial charge in [-0.25, -0.2) is 0 Å². The molecule has 2 unspecified atom stereocenters. The number of aliphatic imine (C=N–C) groups is 1. The van der Waals surface area contributed by atoms with Crippen LogP contribution in [0, 0.1) is 0 Å². The van der Waals surface area contributed by atoms with E-state index in [4.69, 9.17) is 32.7 Å². The maximum Gasteiger partial charge on any atom is 0.143 e. The second-order valence-corrected chi connectivity index (χ2v) is 12.3. The largest absolute Gasteiger partial charge is 0.495 e. The molecular weight excluding hydrogens is 482 g/mol. The van der Waals surface area contributed by atoms with Crippen LogP contribution >= 0.6 is 30.3 Å². The number of hydrogen-bond acceptors (Lipinski definition) is 7. The van der Waals surface area contributed by atoms with Gasteiger partial charge < -0.3 is 24.7 Å². The van der Waals surface area contributed by atoms with Gasteiger partial charge in [0.1, 0.15) is 24.8 Å². The summed E-state index contributed by atoms with van der Waals surface area (Å²) in [5.41, 5.74) is 1.59. The van der Waals surface area contributed by atoms with Crippen LogP contribution in [0.15, 0.2) is 41.4 Å². The average Bonchev–Trinajstić information content (AvgIpc) is 2.78. The molecule has 2 rings (SSSR count). The lowest BCUT2D eigenvalue weighted by molar-refractivity contribution is 0.415. The number of anilines is 2. The van der Waals surface area contributed by atoms with Crippen LogP contribution in [0.2, 0.25) is 5.02 Å². The second kappa shape index (κ2) is 12.5. The average molecular weight is 515 g/mol. The smallest absolute Gasteiger partial charge is 0.143 e. The summed E-state index contributed by atoms with van der Waals surface area (Å²) in [7, 11) is 0.809. The van der Waals surface area contributed by atoms with Crippen LogP contribution in [0.1, 0.15) is 6.92 Å². The summed E-state index contributed by atoms with van der Waals surface area (Å²) >= 11 is 12.5. The van der Waals surface area contributed by atoms with Gasteiger partial charge in [0.25, 0.3) is 0 Å². The fraction of sp³-hybridized carbons (Fsp3) is 0.435. The molecule has 0 bridgehead atoms. The number of alkyl halides is 1. The van der Waals surface area contributed by atoms with Crippen LogP contribution in [0.3, 0.4) is 0 Å². The van der Waals surface area contributed by atoms with Gasteiger partial charge in [0.15, 0.2) is 0 Å². The summed E-state index contributed by atoms with van der Waals surface area (Å²) in [6, 6.07) is 10.8. The molecule has 0 aromatic heterocycles. The molecule has 0 aliphatic heterocycles. The van der Waals surface area contributed by atoms with E-state index in [0.29, 0.717) is 29.6 Å². The van der Waals surface area contributed by atoms with Crippen molar-refractivity contribution in [3.05, 3.63) is 41.4 Å². The summed E-state index contributed by atoms with van der Waals surface area (Å²) in [5, 5.41) is 11.3. The summed E-state index contributed by atoms with van der Waals surface area (Å²) in [4.78, 5) is 4.18. The number of hydrogen-bond donors (Lipinski definition) is 3. The van der Waals surface area contributed by atoms with E-state index in [-0.39, 0.29) is 17.6 Å². The van der Waals surface area contributed by atoms with Gasteiger partial charge >= 0.3 is 0 Å². The number of halogens is 2. The molecule has 2 aromatic rings. The van der Waals surface area contributed by atoms with Crippen molar-refractivity contribution >= 4 is 53.7 Å². The Morgan fingerprint density at radius 2 is 1.70 bits per heavy atom. The zero-order valence-corrected chi connectivity index (χ0v) is 22.1. The Morgan fingerprint density at radius 1 is 1.06 bits per heavy atom. The molecular formula is C23H33Cl2N4O3P. The zero-order chi connectivity index (χ0) is 24.6. The van der Waals surface area contributed by atoms with E-state index in [1.165, 1.54) is 0 Å². The number of methoxy groups -OCH3 is 2. The molecule has 0 fully saturated rings. The Labute approximate surface area is 206 Å². The third-order valence-electron chi connectivity index (χ3n) is 5.15. The summed E-state index contributed by atoms with van der Waals surface area (Å²) in [6.07, 6.45) is -0.273. The minimum Gasteiger partial charge on any atom is -0.495 e. The van der Waals surface area contributed by atoms with Crippen LogP contribution in [0.5, 0.6) is 11.5 Å². The van der Waals surface area contributed by atoms with Gasteiger partial charge in [0.2, 0.25) is 0 Å². The van der Waals surface area contributed by atoms with Crippen molar-refractivity contribution < 1.29 is 14.0 Å². The summed E-state index contributed by atoms with van der Waals surface area (Å²) in [5.74, 6) is 1.27. The highest BCUT2D eigenvalue weighted by molar-refractivity contribution is 7.70. The number of rotatable bonds is 13. The van der Waals surface area contributed by atoms with Crippen molar-refractivity contribution in [2.24, 2.45) is 4.99 Å². The van der Waals surface area contributed by atoms with Crippen molar-refractivity contribution in [1.82, 2.24) is 5.32 Å². The van der Waals surface area contributed by atoms with Gasteiger partial charge in [-0.1, -0.05) is 11.6 Å². The molecule has 0 amide bonds. The first-order valence-electron chi connectivity index (χ1n) is 10.5. The quantitative estimate of drug-likeness (QED) is 0.203. The fourth-order valence-corrected chi connectivity index (χ4v) is 4.32. The molecule has 7 nitrogen and oxygen atoms in total. The number of benzene rings is 2. The Balaban J connectivity index is 2.02. The van der Waals surface area contributed by atoms with Crippen LogP contribution < -0.4 is 30.7 Å². The van der Waals surface area contributed by atoms with E-state index in [1.54, 1.807) is 39.7 Å². The predicted molar refractivity (Wildman–Crippen MR) is 143 cm³/mol. The highest BCUT2D eigenvalue weighted by Gasteiger charge is 2.19. The van der Waals surface area contributed by atoms with Crippen molar-refractivity contribution in [1.29, 1.82) is 0 Å². The van der Waals surface area contributed by atoms with Crippen LogP contribution in [-0.2, 0) is 4.57 Å². The highest BCUT2D eigenvalue weighted by Crippen LogP contribution is 2.37. The molecule has 0 radical (unpaired) electrons. The Hall–Kier alpha value is -1.92. The Bertz CT molecular complexity index is 984. The van der Waals surface area contributed by atoms with Gasteiger partial charge in [-0.05, 0) is 57.3 Å². The molecule has 0 spiro atoms. The van der Waals surface area contributed by atoms with Crippen molar-refractivity contribution in [3.8, 4) is 11.5 Å². The van der Waals surface area contributed by atoms with E-state index < -0.39 is 7.14 Å². The highest BCUT2D eigenvalue weighted by atomic mass is 35.5. The monoisotopic (exact) mass is 514 g/mol. The predicted octanol–water partition coefficient (Wildman–Crippen LogP) is 4.74. The van der Waals surface area contributed by atoms with E-state index in [9.17, 15) is 4.57 Å². The first-order chi connectivity index (χ1) is 15.6. The maximum atomic E-state index is 12.4. The van der Waals surface area contributed by atoms with Crippen LogP contribution in [0.25, 0.3) is 0 Å². The molecule has 3 atom stereocenters. The molecule has 0 saturated heterocycles. The molecule has 0 saturated carbocycles. The van der Waals surface area contributed by atoms with Gasteiger partial charge in [-0.15, -0.1) is 11.6 Å². The molecule has 3 N–H and O–H groups in total. The minimum atomic E-state index is -2.38. The minimum absolute atomic E-state index is 0.108. The molecule has 0 aliphatic rings. The lowest BCUT2D eigenvalue weighted by Crippen LogP contribution is -2.44. The number of nitrogens with zero attached hydrogens (tertiary/aromatic N) is 1. The first kappa shape index (κ1) is 27.3. The van der Waals surface area contributed by atoms with Gasteiger partial charge in [-0.3, -0.25) is 10.3 Å². The summed E-state index contributed by atoms with van der Waals surface area (Å²) in [6.45, 7) is 10.1. The number of ether oxygens (including phenoxy) is 2. The van der Waals surface area contributed by atoms with Gasteiger partial charge in [0.05, 0.1) is 43.6 Å². The Morgan fingerprint density at radius 3 is 2.27 bits per heavy atom. The molecule has 0 heterocycles. The van der Waals surface area contributed by atoms with Crippen molar-refractivity contribution in [3.63, 3.8) is 0 Å². The van der Waals surface area contributed by atoms with Crippen LogP contribution in [-0.4, -0.2) is 64.9 Å².